The van der Waals surface area contributed by atoms with Crippen molar-refractivity contribution in [2.24, 2.45) is 0 Å². The summed E-state index contributed by atoms with van der Waals surface area (Å²) in [6.07, 6.45) is -2.66. The van der Waals surface area contributed by atoms with Crippen LogP contribution in [-0.2, 0) is 11.3 Å². The first kappa shape index (κ1) is 18.6. The number of amides is 1. The fraction of sp³-hybridized carbons (Fsp3) is 0.500. The zero-order valence-corrected chi connectivity index (χ0v) is 12.6. The standard InChI is InChI=1S/C14H17F3N2O2.ClH/c15-14(16,17)9-21-12-6-2-1-4-10(12)8-19-13(20)11-5-3-7-18-11;/h1-2,4,6,11,18H,3,5,7-9H2,(H,19,20);1H. The molecule has 0 bridgehead atoms. The van der Waals surface area contributed by atoms with Crippen molar-refractivity contribution < 1.29 is 22.7 Å². The Morgan fingerprint density at radius 2 is 2.09 bits per heavy atom. The number of hydrogen-bond donors (Lipinski definition) is 2. The van der Waals surface area contributed by atoms with Crippen LogP contribution in [0.15, 0.2) is 24.3 Å². The van der Waals surface area contributed by atoms with E-state index in [-0.39, 0.29) is 36.7 Å². The van der Waals surface area contributed by atoms with Crippen molar-refractivity contribution in [3.05, 3.63) is 29.8 Å². The normalized spacial score (nSPS) is 17.7. The smallest absolute Gasteiger partial charge is 0.422 e. The first-order valence-electron chi connectivity index (χ1n) is 6.74. The van der Waals surface area contributed by atoms with Gasteiger partial charge < -0.3 is 15.4 Å². The number of rotatable bonds is 5. The second kappa shape index (κ2) is 8.24. The highest BCUT2D eigenvalue weighted by molar-refractivity contribution is 5.85. The number of halogens is 4. The number of nitrogens with one attached hydrogen (secondary N) is 2. The zero-order chi connectivity index (χ0) is 15.3. The maximum atomic E-state index is 12.2. The van der Waals surface area contributed by atoms with Gasteiger partial charge in [0.2, 0.25) is 5.91 Å². The zero-order valence-electron chi connectivity index (χ0n) is 11.8. The summed E-state index contributed by atoms with van der Waals surface area (Å²) >= 11 is 0. The minimum Gasteiger partial charge on any atom is -0.484 e. The molecule has 124 valence electrons. The van der Waals surface area contributed by atoms with Gasteiger partial charge in [-0.1, -0.05) is 18.2 Å². The second-order valence-corrected chi connectivity index (χ2v) is 4.88. The third-order valence-corrected chi connectivity index (χ3v) is 3.19. The number of ether oxygens (including phenoxy) is 1. The van der Waals surface area contributed by atoms with E-state index < -0.39 is 12.8 Å². The van der Waals surface area contributed by atoms with Gasteiger partial charge in [-0.05, 0) is 25.5 Å². The van der Waals surface area contributed by atoms with Crippen molar-refractivity contribution in [3.8, 4) is 5.75 Å². The van der Waals surface area contributed by atoms with Gasteiger partial charge in [0.15, 0.2) is 6.61 Å². The Bertz CT molecular complexity index is 491. The average molecular weight is 339 g/mol. The summed E-state index contributed by atoms with van der Waals surface area (Å²) in [5.74, 6) is -0.00682. The predicted molar refractivity (Wildman–Crippen MR) is 78.1 cm³/mol. The van der Waals surface area contributed by atoms with Crippen molar-refractivity contribution in [1.29, 1.82) is 0 Å². The molecule has 0 aromatic heterocycles. The van der Waals surface area contributed by atoms with E-state index in [4.69, 9.17) is 4.74 Å². The molecule has 1 aliphatic rings. The van der Waals surface area contributed by atoms with Crippen molar-refractivity contribution in [3.63, 3.8) is 0 Å². The summed E-state index contributed by atoms with van der Waals surface area (Å²) in [6.45, 7) is -0.392. The summed E-state index contributed by atoms with van der Waals surface area (Å²) in [4.78, 5) is 11.9. The fourth-order valence-corrected chi connectivity index (χ4v) is 2.16. The molecule has 1 aromatic rings. The van der Waals surface area contributed by atoms with Crippen molar-refractivity contribution in [1.82, 2.24) is 10.6 Å². The Kier molecular flexibility index (Phi) is 6.96. The van der Waals surface area contributed by atoms with Crippen LogP contribution in [0.4, 0.5) is 13.2 Å². The van der Waals surface area contributed by atoms with Gasteiger partial charge in [-0.3, -0.25) is 4.79 Å². The molecule has 0 radical (unpaired) electrons. The first-order valence-corrected chi connectivity index (χ1v) is 6.74. The van der Waals surface area contributed by atoms with E-state index >= 15 is 0 Å². The molecule has 1 aliphatic heterocycles. The Morgan fingerprint density at radius 1 is 1.36 bits per heavy atom. The van der Waals surface area contributed by atoms with E-state index in [0.29, 0.717) is 5.56 Å². The molecular weight excluding hydrogens is 321 g/mol. The van der Waals surface area contributed by atoms with E-state index in [2.05, 4.69) is 10.6 Å². The van der Waals surface area contributed by atoms with Crippen molar-refractivity contribution in [2.45, 2.75) is 31.6 Å². The summed E-state index contributed by atoms with van der Waals surface area (Å²) < 4.78 is 41.3. The van der Waals surface area contributed by atoms with Crippen LogP contribution in [0.25, 0.3) is 0 Å². The number of para-hydroxylation sites is 1. The van der Waals surface area contributed by atoms with E-state index in [0.717, 1.165) is 19.4 Å². The molecule has 2 rings (SSSR count). The molecule has 0 aliphatic carbocycles. The molecule has 22 heavy (non-hydrogen) atoms. The van der Waals surface area contributed by atoms with Gasteiger partial charge in [0, 0.05) is 12.1 Å². The maximum Gasteiger partial charge on any atom is 0.422 e. The van der Waals surface area contributed by atoms with E-state index in [9.17, 15) is 18.0 Å². The topological polar surface area (TPSA) is 50.4 Å². The van der Waals surface area contributed by atoms with Crippen molar-refractivity contribution in [2.75, 3.05) is 13.2 Å². The maximum absolute atomic E-state index is 12.2. The van der Waals surface area contributed by atoms with Gasteiger partial charge in [-0.25, -0.2) is 0 Å². The van der Waals surface area contributed by atoms with Gasteiger partial charge in [0.25, 0.3) is 0 Å². The molecule has 0 saturated carbocycles. The van der Waals surface area contributed by atoms with Crippen LogP contribution in [-0.4, -0.2) is 31.3 Å². The summed E-state index contributed by atoms with van der Waals surface area (Å²) in [5.41, 5.74) is 0.521. The van der Waals surface area contributed by atoms with Crippen LogP contribution >= 0.6 is 12.4 Å². The molecular formula is C14H18ClF3N2O2. The minimum atomic E-state index is -4.38. The van der Waals surface area contributed by atoms with Gasteiger partial charge in [-0.2, -0.15) is 13.2 Å². The summed E-state index contributed by atoms with van der Waals surface area (Å²) in [5, 5.41) is 5.78. The van der Waals surface area contributed by atoms with E-state index in [1.54, 1.807) is 18.2 Å². The Labute approximate surface area is 132 Å². The number of carbonyl (C=O) groups excluding carboxylic acids is 1. The Hall–Kier alpha value is -1.47. The Balaban J connectivity index is 0.00000242. The summed E-state index contributed by atoms with van der Waals surface area (Å²) in [7, 11) is 0. The third kappa shape index (κ3) is 5.73. The molecule has 2 N–H and O–H groups in total. The van der Waals surface area contributed by atoms with Crippen LogP contribution in [0.5, 0.6) is 5.75 Å². The lowest BCUT2D eigenvalue weighted by Crippen LogP contribution is -2.40. The molecule has 0 spiro atoms. The monoisotopic (exact) mass is 338 g/mol. The fourth-order valence-electron chi connectivity index (χ4n) is 2.16. The first-order chi connectivity index (χ1) is 9.96. The van der Waals surface area contributed by atoms with Crippen LogP contribution in [0.2, 0.25) is 0 Å². The largest absolute Gasteiger partial charge is 0.484 e. The minimum absolute atomic E-state index is 0. The molecule has 1 aromatic carbocycles. The predicted octanol–water partition coefficient (Wildman–Crippen LogP) is 2.42. The lowest BCUT2D eigenvalue weighted by molar-refractivity contribution is -0.153. The number of alkyl halides is 3. The molecule has 1 saturated heterocycles. The average Bonchev–Trinajstić information content (AvgIpc) is 2.96. The van der Waals surface area contributed by atoms with Crippen molar-refractivity contribution >= 4 is 18.3 Å². The molecule has 1 heterocycles. The van der Waals surface area contributed by atoms with Crippen LogP contribution < -0.4 is 15.4 Å². The highest BCUT2D eigenvalue weighted by Crippen LogP contribution is 2.22. The molecule has 1 atom stereocenters. The van der Waals surface area contributed by atoms with Crippen LogP contribution in [0, 0.1) is 0 Å². The van der Waals surface area contributed by atoms with Crippen LogP contribution in [0.1, 0.15) is 18.4 Å². The quantitative estimate of drug-likeness (QED) is 0.867. The van der Waals surface area contributed by atoms with Gasteiger partial charge >= 0.3 is 6.18 Å². The molecule has 1 unspecified atom stereocenters. The molecule has 8 heteroatoms. The number of carbonyl (C=O) groups is 1. The highest BCUT2D eigenvalue weighted by Gasteiger charge is 2.29. The molecule has 4 nitrogen and oxygen atoms in total. The number of benzene rings is 1. The highest BCUT2D eigenvalue weighted by atomic mass is 35.5. The second-order valence-electron chi connectivity index (χ2n) is 4.88. The lowest BCUT2D eigenvalue weighted by atomic mass is 10.2. The lowest BCUT2D eigenvalue weighted by Gasteiger charge is -2.15. The van der Waals surface area contributed by atoms with E-state index in [1.165, 1.54) is 6.07 Å². The third-order valence-electron chi connectivity index (χ3n) is 3.19. The van der Waals surface area contributed by atoms with E-state index in [1.807, 2.05) is 0 Å². The SMILES string of the molecule is Cl.O=C(NCc1ccccc1OCC(F)(F)F)C1CCCN1. The number of hydrogen-bond acceptors (Lipinski definition) is 3. The van der Waals surface area contributed by atoms with Gasteiger partial charge in [0.05, 0.1) is 6.04 Å². The van der Waals surface area contributed by atoms with Gasteiger partial charge in [0.1, 0.15) is 5.75 Å². The Morgan fingerprint density at radius 3 is 2.73 bits per heavy atom. The molecule has 1 fully saturated rings. The molecule has 1 amide bonds. The summed E-state index contributed by atoms with van der Waals surface area (Å²) in [6, 6.07) is 6.16. The van der Waals surface area contributed by atoms with Crippen LogP contribution in [0.3, 0.4) is 0 Å². The van der Waals surface area contributed by atoms with Gasteiger partial charge in [-0.15, -0.1) is 12.4 Å².